The average molecular weight is 202 g/mol. The molecule has 1 atom stereocenters. The van der Waals surface area contributed by atoms with Crippen molar-refractivity contribution in [1.29, 1.82) is 0 Å². The summed E-state index contributed by atoms with van der Waals surface area (Å²) in [5.41, 5.74) is 9.45. The molecule has 0 aromatic carbocycles. The molecule has 0 aliphatic heterocycles. The van der Waals surface area contributed by atoms with Gasteiger partial charge in [-0.25, -0.2) is 0 Å². The number of quaternary nitrogens is 1. The molecule has 0 radical (unpaired) electrons. The van der Waals surface area contributed by atoms with Crippen LogP contribution in [0.5, 0.6) is 0 Å². The standard InChI is InChI=1S/C10H23N3O/c1-2-3-8-13-10(14)9(12)6-4-5-7-11/h9H,2-8,11-12H2,1H3,(H,13,14)/p+1. The molecule has 0 rings (SSSR count). The van der Waals surface area contributed by atoms with Crippen LogP contribution in [0.15, 0.2) is 0 Å². The molecule has 0 aromatic rings. The zero-order chi connectivity index (χ0) is 10.8. The number of amides is 1. The lowest BCUT2D eigenvalue weighted by molar-refractivity contribution is -0.368. The monoisotopic (exact) mass is 202 g/mol. The molecule has 0 aliphatic rings. The van der Waals surface area contributed by atoms with Gasteiger partial charge >= 0.3 is 0 Å². The van der Waals surface area contributed by atoms with E-state index in [4.69, 9.17) is 5.73 Å². The van der Waals surface area contributed by atoms with Crippen molar-refractivity contribution >= 4 is 5.91 Å². The molecule has 14 heavy (non-hydrogen) atoms. The van der Waals surface area contributed by atoms with Crippen molar-refractivity contribution < 1.29 is 10.5 Å². The van der Waals surface area contributed by atoms with Gasteiger partial charge in [-0.1, -0.05) is 13.3 Å². The first-order valence-electron chi connectivity index (χ1n) is 5.55. The topological polar surface area (TPSA) is 82.8 Å². The maximum atomic E-state index is 11.4. The molecular formula is C10H24N3O+. The molecule has 0 saturated carbocycles. The van der Waals surface area contributed by atoms with Crippen LogP contribution in [0.1, 0.15) is 39.0 Å². The second-order valence-electron chi connectivity index (χ2n) is 3.60. The summed E-state index contributed by atoms with van der Waals surface area (Å²) >= 11 is 0. The van der Waals surface area contributed by atoms with E-state index >= 15 is 0 Å². The van der Waals surface area contributed by atoms with Crippen molar-refractivity contribution in [1.82, 2.24) is 5.32 Å². The van der Waals surface area contributed by atoms with Crippen LogP contribution in [0.4, 0.5) is 0 Å². The lowest BCUT2D eigenvalue weighted by atomic mass is 10.1. The Hall–Kier alpha value is -0.610. The van der Waals surface area contributed by atoms with Crippen molar-refractivity contribution in [2.24, 2.45) is 5.73 Å². The largest absolute Gasteiger partial charge is 0.358 e. The van der Waals surface area contributed by atoms with Gasteiger partial charge in [-0.2, -0.15) is 0 Å². The van der Waals surface area contributed by atoms with Crippen LogP contribution in [-0.2, 0) is 4.79 Å². The van der Waals surface area contributed by atoms with Gasteiger partial charge in [0.2, 0.25) is 5.91 Å². The van der Waals surface area contributed by atoms with Crippen LogP contribution in [0.3, 0.4) is 0 Å². The Bertz CT molecular complexity index is 150. The van der Waals surface area contributed by atoms with E-state index in [-0.39, 0.29) is 11.9 Å². The molecule has 0 aromatic heterocycles. The number of hydrogen-bond donors (Lipinski definition) is 3. The maximum Gasteiger partial charge on any atom is 0.236 e. The van der Waals surface area contributed by atoms with E-state index in [1.807, 2.05) is 0 Å². The van der Waals surface area contributed by atoms with Crippen LogP contribution in [0.2, 0.25) is 0 Å². The minimum atomic E-state index is -0.335. The SMILES string of the molecule is CCCCNC(=O)C(N)CCCC[NH3+]. The van der Waals surface area contributed by atoms with Crippen molar-refractivity contribution in [2.45, 2.75) is 45.1 Å². The van der Waals surface area contributed by atoms with E-state index in [2.05, 4.69) is 18.0 Å². The molecule has 0 aliphatic carbocycles. The molecule has 84 valence electrons. The molecule has 1 unspecified atom stereocenters. The lowest BCUT2D eigenvalue weighted by Crippen LogP contribution is -2.50. The van der Waals surface area contributed by atoms with Gasteiger partial charge in [0.1, 0.15) is 0 Å². The maximum absolute atomic E-state index is 11.4. The second kappa shape index (κ2) is 8.97. The van der Waals surface area contributed by atoms with E-state index in [0.29, 0.717) is 0 Å². The Morgan fingerprint density at radius 1 is 1.43 bits per heavy atom. The Morgan fingerprint density at radius 3 is 2.71 bits per heavy atom. The molecule has 6 N–H and O–H groups in total. The number of carbonyl (C=O) groups excluding carboxylic acids is 1. The summed E-state index contributed by atoms with van der Waals surface area (Å²) in [4.78, 5) is 11.4. The quantitative estimate of drug-likeness (QED) is 0.470. The van der Waals surface area contributed by atoms with E-state index in [1.54, 1.807) is 0 Å². The molecule has 0 fully saturated rings. The van der Waals surface area contributed by atoms with Gasteiger partial charge in [0.15, 0.2) is 0 Å². The van der Waals surface area contributed by atoms with Gasteiger partial charge in [0.05, 0.1) is 12.6 Å². The van der Waals surface area contributed by atoms with Crippen molar-refractivity contribution in [3.8, 4) is 0 Å². The van der Waals surface area contributed by atoms with Gasteiger partial charge in [-0.15, -0.1) is 0 Å². The van der Waals surface area contributed by atoms with Crippen LogP contribution >= 0.6 is 0 Å². The average Bonchev–Trinajstić information content (AvgIpc) is 2.18. The molecular weight excluding hydrogens is 178 g/mol. The molecule has 1 amide bonds. The number of carbonyl (C=O) groups is 1. The molecule has 0 spiro atoms. The predicted molar refractivity (Wildman–Crippen MR) is 57.5 cm³/mol. The third-order valence-corrected chi connectivity index (χ3v) is 2.18. The summed E-state index contributed by atoms with van der Waals surface area (Å²) in [7, 11) is 0. The summed E-state index contributed by atoms with van der Waals surface area (Å²) in [5, 5.41) is 2.83. The van der Waals surface area contributed by atoms with Gasteiger partial charge in [-0.05, 0) is 25.7 Å². The van der Waals surface area contributed by atoms with E-state index in [0.717, 1.165) is 45.2 Å². The fourth-order valence-corrected chi connectivity index (χ4v) is 1.19. The number of nitrogens with one attached hydrogen (secondary N) is 1. The Morgan fingerprint density at radius 2 is 2.14 bits per heavy atom. The fourth-order valence-electron chi connectivity index (χ4n) is 1.19. The number of unbranched alkanes of at least 4 members (excludes halogenated alkanes) is 2. The van der Waals surface area contributed by atoms with E-state index in [9.17, 15) is 4.79 Å². The minimum absolute atomic E-state index is 0.0116. The zero-order valence-electron chi connectivity index (χ0n) is 9.22. The molecule has 0 heterocycles. The fraction of sp³-hybridized carbons (Fsp3) is 0.900. The highest BCUT2D eigenvalue weighted by molar-refractivity contribution is 5.81. The summed E-state index contributed by atoms with van der Waals surface area (Å²) in [6.07, 6.45) is 4.93. The molecule has 0 saturated heterocycles. The highest BCUT2D eigenvalue weighted by atomic mass is 16.2. The van der Waals surface area contributed by atoms with Gasteiger partial charge < -0.3 is 16.8 Å². The van der Waals surface area contributed by atoms with E-state index < -0.39 is 0 Å². The highest BCUT2D eigenvalue weighted by Gasteiger charge is 2.11. The normalized spacial score (nSPS) is 12.5. The zero-order valence-corrected chi connectivity index (χ0v) is 9.22. The first-order chi connectivity index (χ1) is 6.72. The Balaban J connectivity index is 3.44. The van der Waals surface area contributed by atoms with Gasteiger partial charge in [0, 0.05) is 6.54 Å². The smallest absolute Gasteiger partial charge is 0.236 e. The van der Waals surface area contributed by atoms with Crippen molar-refractivity contribution in [2.75, 3.05) is 13.1 Å². The molecule has 0 bridgehead atoms. The van der Waals surface area contributed by atoms with Crippen molar-refractivity contribution in [3.63, 3.8) is 0 Å². The first-order valence-corrected chi connectivity index (χ1v) is 5.55. The summed E-state index contributed by atoms with van der Waals surface area (Å²) in [6, 6.07) is -0.335. The number of hydrogen-bond acceptors (Lipinski definition) is 2. The first kappa shape index (κ1) is 13.4. The Kier molecular flexibility index (Phi) is 8.57. The minimum Gasteiger partial charge on any atom is -0.358 e. The second-order valence-corrected chi connectivity index (χ2v) is 3.60. The molecule has 4 heteroatoms. The number of rotatable bonds is 8. The van der Waals surface area contributed by atoms with Crippen LogP contribution in [0.25, 0.3) is 0 Å². The van der Waals surface area contributed by atoms with Crippen molar-refractivity contribution in [3.05, 3.63) is 0 Å². The summed E-state index contributed by atoms with van der Waals surface area (Å²) in [5.74, 6) is -0.0116. The van der Waals surface area contributed by atoms with Crippen LogP contribution in [-0.4, -0.2) is 25.0 Å². The highest BCUT2D eigenvalue weighted by Crippen LogP contribution is 1.97. The van der Waals surface area contributed by atoms with Crippen LogP contribution < -0.4 is 16.8 Å². The summed E-state index contributed by atoms with van der Waals surface area (Å²) in [6.45, 7) is 3.77. The van der Waals surface area contributed by atoms with E-state index in [1.165, 1.54) is 0 Å². The third kappa shape index (κ3) is 6.86. The lowest BCUT2D eigenvalue weighted by Gasteiger charge is -2.11. The Labute approximate surface area is 86.4 Å². The van der Waals surface area contributed by atoms with Gasteiger partial charge in [-0.3, -0.25) is 4.79 Å². The number of nitrogens with two attached hydrogens (primary N) is 1. The van der Waals surface area contributed by atoms with Crippen LogP contribution in [0, 0.1) is 0 Å². The summed E-state index contributed by atoms with van der Waals surface area (Å²) < 4.78 is 0. The third-order valence-electron chi connectivity index (χ3n) is 2.18. The van der Waals surface area contributed by atoms with Gasteiger partial charge in [0.25, 0.3) is 0 Å². The molecule has 4 nitrogen and oxygen atoms in total. The predicted octanol–water partition coefficient (Wildman–Crippen LogP) is -0.358.